The van der Waals surface area contributed by atoms with Crippen molar-refractivity contribution in [3.63, 3.8) is 0 Å². The minimum atomic E-state index is -0.652. The lowest BCUT2D eigenvalue weighted by molar-refractivity contribution is 0.388. The Kier molecular flexibility index (Phi) is 4.43. The summed E-state index contributed by atoms with van der Waals surface area (Å²) in [5.74, 6) is 1.93. The number of aryl methyl sites for hydroxylation is 1. The van der Waals surface area contributed by atoms with Crippen LogP contribution in [0.5, 0.6) is 11.5 Å². The molecule has 6 heteroatoms. The minimum Gasteiger partial charge on any atom is -0.497 e. The number of ether oxygens (including phenoxy) is 2. The van der Waals surface area contributed by atoms with Gasteiger partial charge in [-0.15, -0.1) is 0 Å². The number of benzene rings is 2. The van der Waals surface area contributed by atoms with Crippen LogP contribution in [-0.4, -0.2) is 31.0 Å². The maximum atomic E-state index is 6.77. The third kappa shape index (κ3) is 3.16. The van der Waals surface area contributed by atoms with Crippen LogP contribution in [0.3, 0.4) is 0 Å². The lowest BCUT2D eigenvalue weighted by atomic mass is 9.83. The van der Waals surface area contributed by atoms with E-state index in [1.54, 1.807) is 20.4 Å². The van der Waals surface area contributed by atoms with Crippen LogP contribution >= 0.6 is 0 Å². The second-order valence-corrected chi connectivity index (χ2v) is 7.37. The zero-order valence-electron chi connectivity index (χ0n) is 16.3. The van der Waals surface area contributed by atoms with Gasteiger partial charge in [-0.1, -0.05) is 18.2 Å². The third-order valence-electron chi connectivity index (χ3n) is 5.22. The predicted octanol–water partition coefficient (Wildman–Crippen LogP) is 3.34. The van der Waals surface area contributed by atoms with E-state index >= 15 is 0 Å². The van der Waals surface area contributed by atoms with Gasteiger partial charge in [0.25, 0.3) is 0 Å². The van der Waals surface area contributed by atoms with Crippen molar-refractivity contribution in [1.29, 1.82) is 0 Å². The molecule has 1 unspecified atom stereocenters. The van der Waals surface area contributed by atoms with Crippen LogP contribution in [0.2, 0.25) is 0 Å². The predicted molar refractivity (Wildman–Crippen MR) is 113 cm³/mol. The van der Waals surface area contributed by atoms with Gasteiger partial charge in [-0.25, -0.2) is 4.98 Å². The molecule has 0 saturated heterocycles. The fourth-order valence-electron chi connectivity index (χ4n) is 3.81. The number of hydrogen-bond donors (Lipinski definition) is 2. The van der Waals surface area contributed by atoms with E-state index in [0.29, 0.717) is 18.7 Å². The van der Waals surface area contributed by atoms with Gasteiger partial charge >= 0.3 is 0 Å². The van der Waals surface area contributed by atoms with Crippen molar-refractivity contribution < 1.29 is 9.47 Å². The summed E-state index contributed by atoms with van der Waals surface area (Å²) in [4.78, 5) is 9.12. The molecular formula is C22H24N4O2. The van der Waals surface area contributed by atoms with E-state index in [-0.39, 0.29) is 0 Å². The van der Waals surface area contributed by atoms with Gasteiger partial charge in [0, 0.05) is 17.7 Å². The van der Waals surface area contributed by atoms with Crippen LogP contribution in [0.15, 0.2) is 41.4 Å². The summed E-state index contributed by atoms with van der Waals surface area (Å²) in [6.07, 6.45) is 2.99. The number of nitrogens with two attached hydrogens (primary N) is 2. The molecule has 1 atom stereocenters. The van der Waals surface area contributed by atoms with Crippen molar-refractivity contribution >= 4 is 28.6 Å². The van der Waals surface area contributed by atoms with Gasteiger partial charge in [-0.3, -0.25) is 4.99 Å². The van der Waals surface area contributed by atoms with Crippen LogP contribution in [0.25, 0.3) is 10.9 Å². The van der Waals surface area contributed by atoms with Gasteiger partial charge in [-0.2, -0.15) is 0 Å². The average Bonchev–Trinajstić information content (AvgIpc) is 2.67. The Morgan fingerprint density at radius 1 is 1.11 bits per heavy atom. The fraction of sp³-hybridized carbons (Fsp3) is 0.273. The lowest BCUT2D eigenvalue weighted by Gasteiger charge is -2.31. The molecule has 4 rings (SSSR count). The number of nitrogen functional groups attached to an aromatic ring is 1. The number of rotatable bonds is 4. The largest absolute Gasteiger partial charge is 0.497 e. The highest BCUT2D eigenvalue weighted by molar-refractivity contribution is 5.94. The highest BCUT2D eigenvalue weighted by Gasteiger charge is 2.31. The second-order valence-electron chi connectivity index (χ2n) is 7.37. The Balaban J connectivity index is 1.75. The number of methoxy groups -OCH3 is 2. The number of aliphatic imine (C=N–C) groups is 1. The number of fused-ring (bicyclic) bond motifs is 3. The molecule has 0 amide bonds. The highest BCUT2D eigenvalue weighted by atomic mass is 16.5. The van der Waals surface area contributed by atoms with Crippen LogP contribution in [0.4, 0.5) is 11.5 Å². The second kappa shape index (κ2) is 6.80. The van der Waals surface area contributed by atoms with E-state index in [2.05, 4.69) is 22.1 Å². The highest BCUT2D eigenvalue weighted by Crippen LogP contribution is 2.38. The number of anilines is 1. The van der Waals surface area contributed by atoms with Gasteiger partial charge < -0.3 is 20.9 Å². The van der Waals surface area contributed by atoms with Crippen molar-refractivity contribution in [1.82, 2.24) is 4.98 Å². The van der Waals surface area contributed by atoms with Gasteiger partial charge in [0.2, 0.25) is 0 Å². The van der Waals surface area contributed by atoms with Crippen LogP contribution in [-0.2, 0) is 12.8 Å². The quantitative estimate of drug-likeness (QED) is 0.728. The van der Waals surface area contributed by atoms with Crippen molar-refractivity contribution in [3.05, 3.63) is 53.1 Å². The molecule has 0 radical (unpaired) electrons. The summed E-state index contributed by atoms with van der Waals surface area (Å²) in [5, 5.41) is 1.04. The molecule has 4 N–H and O–H groups in total. The van der Waals surface area contributed by atoms with E-state index in [9.17, 15) is 0 Å². The van der Waals surface area contributed by atoms with Gasteiger partial charge in [0.05, 0.1) is 25.3 Å². The third-order valence-corrected chi connectivity index (χ3v) is 5.22. The Bertz CT molecular complexity index is 1090. The summed E-state index contributed by atoms with van der Waals surface area (Å²) in [5.41, 5.74) is 17.1. The number of nitrogens with zero attached hydrogens (tertiary/aromatic N) is 2. The Labute approximate surface area is 164 Å². The summed E-state index contributed by atoms with van der Waals surface area (Å²) in [6.45, 7) is 2.04. The van der Waals surface area contributed by atoms with Crippen molar-refractivity contribution in [3.8, 4) is 11.5 Å². The SMILES string of the molecule is COc1ccc(CC2(N)C=Nc3c(N)nc4cc(C)ccc4c3C2)c(OC)c1. The van der Waals surface area contributed by atoms with Crippen LogP contribution < -0.4 is 20.9 Å². The molecule has 1 aliphatic heterocycles. The molecule has 1 aromatic heterocycles. The van der Waals surface area contributed by atoms with E-state index in [4.69, 9.17) is 20.9 Å². The molecule has 144 valence electrons. The average molecular weight is 376 g/mol. The molecule has 0 saturated carbocycles. The molecule has 0 fully saturated rings. The monoisotopic (exact) mass is 376 g/mol. The van der Waals surface area contributed by atoms with Gasteiger partial charge in [-0.05, 0) is 48.6 Å². The first kappa shape index (κ1) is 18.3. The van der Waals surface area contributed by atoms with Crippen molar-refractivity contribution in [2.45, 2.75) is 25.3 Å². The fourth-order valence-corrected chi connectivity index (χ4v) is 3.81. The number of pyridine rings is 1. The van der Waals surface area contributed by atoms with Crippen molar-refractivity contribution in [2.75, 3.05) is 20.0 Å². The molecule has 28 heavy (non-hydrogen) atoms. The molecule has 0 aliphatic carbocycles. The molecule has 2 aromatic carbocycles. The van der Waals surface area contributed by atoms with E-state index in [1.165, 1.54) is 0 Å². The van der Waals surface area contributed by atoms with E-state index in [0.717, 1.165) is 44.8 Å². The molecule has 0 bridgehead atoms. The molecule has 6 nitrogen and oxygen atoms in total. The van der Waals surface area contributed by atoms with Crippen molar-refractivity contribution in [2.24, 2.45) is 10.7 Å². The summed E-state index contributed by atoms with van der Waals surface area (Å²) < 4.78 is 10.8. The summed E-state index contributed by atoms with van der Waals surface area (Å²) >= 11 is 0. The van der Waals surface area contributed by atoms with Gasteiger partial charge in [0.15, 0.2) is 0 Å². The van der Waals surface area contributed by atoms with E-state index in [1.807, 2.05) is 31.2 Å². The Morgan fingerprint density at radius 3 is 2.68 bits per heavy atom. The van der Waals surface area contributed by atoms with Crippen LogP contribution in [0, 0.1) is 6.92 Å². The minimum absolute atomic E-state index is 0.438. The normalized spacial score (nSPS) is 18.1. The lowest BCUT2D eigenvalue weighted by Crippen LogP contribution is -2.47. The zero-order chi connectivity index (χ0) is 19.9. The topological polar surface area (TPSA) is 95.8 Å². The van der Waals surface area contributed by atoms with Gasteiger partial charge in [0.1, 0.15) is 23.0 Å². The van der Waals surface area contributed by atoms with Crippen LogP contribution in [0.1, 0.15) is 16.7 Å². The van der Waals surface area contributed by atoms with E-state index < -0.39 is 5.54 Å². The molecule has 3 aromatic rings. The number of aromatic nitrogens is 1. The Hall–Kier alpha value is -3.12. The maximum Gasteiger partial charge on any atom is 0.150 e. The summed E-state index contributed by atoms with van der Waals surface area (Å²) in [7, 11) is 3.28. The molecule has 1 aliphatic rings. The smallest absolute Gasteiger partial charge is 0.150 e. The molecule has 2 heterocycles. The zero-order valence-corrected chi connectivity index (χ0v) is 16.3. The first-order chi connectivity index (χ1) is 13.4. The first-order valence-corrected chi connectivity index (χ1v) is 9.16. The number of hydrogen-bond acceptors (Lipinski definition) is 6. The standard InChI is InChI=1S/C22H24N4O2/c1-13-4-7-16-17-11-22(24,12-25-20(17)21(23)26-18(16)8-13)10-14-5-6-15(27-2)9-19(14)28-3/h4-9,12H,10-11,24H2,1-3H3,(H2,23,26). The molecular weight excluding hydrogens is 352 g/mol. The summed E-state index contributed by atoms with van der Waals surface area (Å²) in [6, 6.07) is 11.9. The Morgan fingerprint density at radius 2 is 1.93 bits per heavy atom. The maximum absolute atomic E-state index is 6.77. The first-order valence-electron chi connectivity index (χ1n) is 9.16. The molecule has 0 spiro atoms.